The average Bonchev–Trinajstić information content (AvgIpc) is 2.73. The lowest BCUT2D eigenvalue weighted by atomic mass is 10.1. The molecular weight excluding hydrogens is 386 g/mol. The van der Waals surface area contributed by atoms with E-state index in [9.17, 15) is 14.9 Å². The van der Waals surface area contributed by atoms with Crippen molar-refractivity contribution in [2.24, 2.45) is 5.92 Å². The number of anilines is 1. The molecule has 1 heterocycles. The number of aliphatic hydroxyl groups excluding tert-OH is 1. The number of amides is 1. The third kappa shape index (κ3) is 2.82. The van der Waals surface area contributed by atoms with Crippen molar-refractivity contribution in [2.45, 2.75) is 6.42 Å². The molecular formula is C11H10ClIN2O4. The third-order valence-electron chi connectivity index (χ3n) is 2.97. The lowest BCUT2D eigenvalue weighted by molar-refractivity contribution is -0.384. The van der Waals surface area contributed by atoms with E-state index in [0.29, 0.717) is 8.59 Å². The maximum Gasteiger partial charge on any atom is 0.294 e. The van der Waals surface area contributed by atoms with Gasteiger partial charge in [0.1, 0.15) is 5.69 Å². The zero-order chi connectivity index (χ0) is 14.2. The van der Waals surface area contributed by atoms with E-state index in [-0.39, 0.29) is 42.8 Å². The van der Waals surface area contributed by atoms with Crippen LogP contribution < -0.4 is 4.90 Å². The van der Waals surface area contributed by atoms with Crippen LogP contribution in [0.5, 0.6) is 0 Å². The van der Waals surface area contributed by atoms with Gasteiger partial charge in [0.25, 0.3) is 5.69 Å². The van der Waals surface area contributed by atoms with Gasteiger partial charge in [-0.05, 0) is 28.7 Å². The molecule has 19 heavy (non-hydrogen) atoms. The molecule has 1 aromatic carbocycles. The van der Waals surface area contributed by atoms with Crippen LogP contribution in [0.3, 0.4) is 0 Å². The zero-order valence-corrected chi connectivity index (χ0v) is 12.6. The molecule has 2 rings (SSSR count). The Labute approximate surface area is 127 Å². The minimum absolute atomic E-state index is 0.117. The van der Waals surface area contributed by atoms with Crippen LogP contribution >= 0.6 is 34.2 Å². The van der Waals surface area contributed by atoms with Gasteiger partial charge in [-0.3, -0.25) is 14.9 Å². The standard InChI is InChI=1S/C11H10ClIN2O4/c12-7-2-9(10(15(18)19)3-8(7)13)14-4-6(5-16)1-11(14)17/h2-3,6,16H,1,4-5H2. The monoisotopic (exact) mass is 396 g/mol. The van der Waals surface area contributed by atoms with E-state index in [0.717, 1.165) is 0 Å². The highest BCUT2D eigenvalue weighted by Gasteiger charge is 2.34. The average molecular weight is 397 g/mol. The van der Waals surface area contributed by atoms with Gasteiger partial charge in [0.15, 0.2) is 0 Å². The smallest absolute Gasteiger partial charge is 0.294 e. The molecule has 102 valence electrons. The van der Waals surface area contributed by atoms with Crippen molar-refractivity contribution < 1.29 is 14.8 Å². The first-order valence-electron chi connectivity index (χ1n) is 5.48. The van der Waals surface area contributed by atoms with Crippen molar-refractivity contribution in [3.63, 3.8) is 0 Å². The van der Waals surface area contributed by atoms with E-state index >= 15 is 0 Å². The molecule has 1 atom stereocenters. The first-order valence-corrected chi connectivity index (χ1v) is 6.94. The molecule has 0 saturated carbocycles. The maximum absolute atomic E-state index is 11.9. The molecule has 0 aliphatic carbocycles. The fourth-order valence-electron chi connectivity index (χ4n) is 2.02. The summed E-state index contributed by atoms with van der Waals surface area (Å²) in [6.07, 6.45) is 0.192. The fourth-order valence-corrected chi connectivity index (χ4v) is 2.63. The van der Waals surface area contributed by atoms with Crippen LogP contribution in [-0.4, -0.2) is 29.1 Å². The summed E-state index contributed by atoms with van der Waals surface area (Å²) in [6, 6.07) is 2.77. The van der Waals surface area contributed by atoms with Gasteiger partial charge in [-0.25, -0.2) is 0 Å². The van der Waals surface area contributed by atoms with Gasteiger partial charge in [0.2, 0.25) is 5.91 Å². The van der Waals surface area contributed by atoms with E-state index in [1.807, 2.05) is 22.6 Å². The van der Waals surface area contributed by atoms with E-state index < -0.39 is 4.92 Å². The van der Waals surface area contributed by atoms with E-state index in [2.05, 4.69) is 0 Å². The minimum atomic E-state index is -0.534. The molecule has 1 aliphatic heterocycles. The molecule has 0 radical (unpaired) electrons. The number of rotatable bonds is 3. The van der Waals surface area contributed by atoms with Gasteiger partial charge < -0.3 is 10.0 Å². The molecule has 0 aromatic heterocycles. The summed E-state index contributed by atoms with van der Waals surface area (Å²) >= 11 is 7.87. The first-order chi connectivity index (χ1) is 8.93. The lowest BCUT2D eigenvalue weighted by Crippen LogP contribution is -2.25. The highest BCUT2D eigenvalue weighted by Crippen LogP contribution is 2.37. The Kier molecular flexibility index (Phi) is 4.26. The van der Waals surface area contributed by atoms with Crippen molar-refractivity contribution in [2.75, 3.05) is 18.1 Å². The van der Waals surface area contributed by atoms with Crippen LogP contribution in [0.2, 0.25) is 5.02 Å². The molecule has 1 fully saturated rings. The Morgan fingerprint density at radius 2 is 2.26 bits per heavy atom. The van der Waals surface area contributed by atoms with Gasteiger partial charge in [-0.2, -0.15) is 0 Å². The number of hydrogen-bond acceptors (Lipinski definition) is 4. The molecule has 1 N–H and O–H groups in total. The number of carbonyl (C=O) groups excluding carboxylic acids is 1. The summed E-state index contributed by atoms with van der Waals surface area (Å²) in [4.78, 5) is 23.7. The quantitative estimate of drug-likeness (QED) is 0.482. The van der Waals surface area contributed by atoms with Gasteiger partial charge >= 0.3 is 0 Å². The minimum Gasteiger partial charge on any atom is -0.396 e. The number of hydrogen-bond donors (Lipinski definition) is 1. The van der Waals surface area contributed by atoms with Gasteiger partial charge in [0, 0.05) is 35.1 Å². The third-order valence-corrected chi connectivity index (χ3v) is 4.49. The summed E-state index contributed by atoms with van der Waals surface area (Å²) in [5.74, 6) is -0.426. The molecule has 1 aromatic rings. The number of nitrogens with zero attached hydrogens (tertiary/aromatic N) is 2. The molecule has 6 nitrogen and oxygen atoms in total. The second-order valence-corrected chi connectivity index (χ2v) is 5.84. The summed E-state index contributed by atoms with van der Waals surface area (Å²) in [5.41, 5.74) is 0.0390. The maximum atomic E-state index is 11.9. The van der Waals surface area contributed by atoms with Gasteiger partial charge in [-0.15, -0.1) is 0 Å². The van der Waals surface area contributed by atoms with Crippen molar-refractivity contribution >= 4 is 51.5 Å². The summed E-state index contributed by atoms with van der Waals surface area (Å²) in [5, 5.41) is 20.5. The number of benzene rings is 1. The van der Waals surface area contributed by atoms with Crippen LogP contribution in [0.25, 0.3) is 0 Å². The Bertz CT molecular complexity index is 552. The largest absolute Gasteiger partial charge is 0.396 e. The number of aliphatic hydroxyl groups is 1. The van der Waals surface area contributed by atoms with Gasteiger partial charge in [-0.1, -0.05) is 11.6 Å². The molecule has 0 spiro atoms. The highest BCUT2D eigenvalue weighted by atomic mass is 127. The summed E-state index contributed by atoms with van der Waals surface area (Å²) < 4.78 is 0.556. The second-order valence-electron chi connectivity index (χ2n) is 4.27. The van der Waals surface area contributed by atoms with Crippen LogP contribution in [0, 0.1) is 19.6 Å². The Balaban J connectivity index is 2.47. The second kappa shape index (κ2) is 5.59. The number of nitro groups is 1. The summed E-state index contributed by atoms with van der Waals surface area (Å²) in [7, 11) is 0. The normalized spacial score (nSPS) is 19.0. The summed E-state index contributed by atoms with van der Waals surface area (Å²) in [6.45, 7) is 0.154. The van der Waals surface area contributed by atoms with E-state index in [1.54, 1.807) is 0 Å². The van der Waals surface area contributed by atoms with E-state index in [4.69, 9.17) is 16.7 Å². The first kappa shape index (κ1) is 14.5. The molecule has 8 heteroatoms. The number of nitro benzene ring substituents is 1. The van der Waals surface area contributed by atoms with Crippen LogP contribution in [0.1, 0.15) is 6.42 Å². The molecule has 1 unspecified atom stereocenters. The lowest BCUT2D eigenvalue weighted by Gasteiger charge is -2.17. The van der Waals surface area contributed by atoms with E-state index in [1.165, 1.54) is 17.0 Å². The predicted octanol–water partition coefficient (Wildman–Crippen LogP) is 2.20. The molecule has 1 amide bonds. The SMILES string of the molecule is O=C1CC(CO)CN1c1cc(Cl)c(I)cc1[N+](=O)[O-]. The van der Waals surface area contributed by atoms with Crippen molar-refractivity contribution in [1.29, 1.82) is 0 Å². The molecule has 0 bridgehead atoms. The van der Waals surface area contributed by atoms with Crippen molar-refractivity contribution in [3.05, 3.63) is 30.8 Å². The predicted molar refractivity (Wildman–Crippen MR) is 78.4 cm³/mol. The van der Waals surface area contributed by atoms with Crippen molar-refractivity contribution in [1.82, 2.24) is 0 Å². The molecule has 1 aliphatic rings. The molecule has 1 saturated heterocycles. The zero-order valence-electron chi connectivity index (χ0n) is 9.68. The Morgan fingerprint density at radius 1 is 1.58 bits per heavy atom. The van der Waals surface area contributed by atoms with Gasteiger partial charge in [0.05, 0.1) is 9.95 Å². The topological polar surface area (TPSA) is 83.7 Å². The Morgan fingerprint density at radius 3 is 2.79 bits per heavy atom. The van der Waals surface area contributed by atoms with Crippen LogP contribution in [0.4, 0.5) is 11.4 Å². The van der Waals surface area contributed by atoms with Crippen LogP contribution in [0.15, 0.2) is 12.1 Å². The van der Waals surface area contributed by atoms with Crippen LogP contribution in [-0.2, 0) is 4.79 Å². The highest BCUT2D eigenvalue weighted by molar-refractivity contribution is 14.1. The van der Waals surface area contributed by atoms with Crippen molar-refractivity contribution in [3.8, 4) is 0 Å². The number of halogens is 2. The number of carbonyl (C=O) groups is 1. The fraction of sp³-hybridized carbons (Fsp3) is 0.364. The Hall–Kier alpha value is -0.930.